The molecule has 3 rings (SSSR count). The summed E-state index contributed by atoms with van der Waals surface area (Å²) in [4.78, 5) is 17.6. The van der Waals surface area contributed by atoms with E-state index in [1.165, 1.54) is 5.56 Å². The summed E-state index contributed by atoms with van der Waals surface area (Å²) in [5, 5.41) is 3.07. The van der Waals surface area contributed by atoms with Crippen LogP contribution in [0.5, 0.6) is 5.88 Å². The number of amides is 1. The van der Waals surface area contributed by atoms with Crippen molar-refractivity contribution in [2.75, 3.05) is 25.6 Å². The first-order valence-electron chi connectivity index (χ1n) is 8.53. The third-order valence-corrected chi connectivity index (χ3v) is 4.90. The van der Waals surface area contributed by atoms with E-state index in [1.807, 2.05) is 19.9 Å². The van der Waals surface area contributed by atoms with Crippen LogP contribution in [0.2, 0.25) is 0 Å². The van der Waals surface area contributed by atoms with E-state index < -0.39 is 5.41 Å². The van der Waals surface area contributed by atoms with E-state index in [2.05, 4.69) is 34.6 Å². The van der Waals surface area contributed by atoms with Gasteiger partial charge in [-0.1, -0.05) is 29.8 Å². The fraction of sp³-hybridized carbons (Fsp3) is 0.400. The molecule has 5 heteroatoms. The smallest absolute Gasteiger partial charge is 0.235 e. The molecular formula is C20H24N2O3. The summed E-state index contributed by atoms with van der Waals surface area (Å²) in [5.74, 6) is 0.532. The van der Waals surface area contributed by atoms with E-state index in [9.17, 15) is 4.79 Å². The van der Waals surface area contributed by atoms with Crippen LogP contribution in [0.3, 0.4) is 0 Å². The third-order valence-electron chi connectivity index (χ3n) is 4.90. The van der Waals surface area contributed by atoms with Gasteiger partial charge in [-0.2, -0.15) is 0 Å². The van der Waals surface area contributed by atoms with Crippen molar-refractivity contribution in [1.29, 1.82) is 0 Å². The summed E-state index contributed by atoms with van der Waals surface area (Å²) in [7, 11) is 1.58. The Labute approximate surface area is 148 Å². The molecule has 0 bridgehead atoms. The van der Waals surface area contributed by atoms with E-state index >= 15 is 0 Å². The molecule has 1 aromatic heterocycles. The lowest BCUT2D eigenvalue weighted by Gasteiger charge is -2.36. The van der Waals surface area contributed by atoms with Crippen LogP contribution >= 0.6 is 0 Å². The number of nitrogens with one attached hydrogen (secondary N) is 1. The molecular weight excluding hydrogens is 316 g/mol. The molecule has 25 heavy (non-hydrogen) atoms. The van der Waals surface area contributed by atoms with Gasteiger partial charge in [0.05, 0.1) is 23.9 Å². The molecule has 1 aliphatic heterocycles. The molecule has 132 valence electrons. The lowest BCUT2D eigenvalue weighted by Crippen LogP contribution is -2.45. The van der Waals surface area contributed by atoms with E-state index in [4.69, 9.17) is 9.47 Å². The number of ether oxygens (including phenoxy) is 2. The minimum atomic E-state index is -0.571. The quantitative estimate of drug-likeness (QED) is 0.927. The Kier molecular flexibility index (Phi) is 5.04. The maximum Gasteiger partial charge on any atom is 0.235 e. The predicted molar refractivity (Wildman–Crippen MR) is 97.1 cm³/mol. The first kappa shape index (κ1) is 17.4. The summed E-state index contributed by atoms with van der Waals surface area (Å²) in [6.07, 6.45) is 1.34. The third kappa shape index (κ3) is 3.51. The number of methoxy groups -OCH3 is 1. The lowest BCUT2D eigenvalue weighted by molar-refractivity contribution is -0.125. The highest BCUT2D eigenvalue weighted by atomic mass is 16.5. The zero-order chi connectivity index (χ0) is 17.9. The summed E-state index contributed by atoms with van der Waals surface area (Å²) >= 11 is 0. The van der Waals surface area contributed by atoms with Crippen LogP contribution in [0.25, 0.3) is 0 Å². The van der Waals surface area contributed by atoms with Crippen molar-refractivity contribution < 1.29 is 14.3 Å². The number of nitrogens with zero attached hydrogens (tertiary/aromatic N) is 1. The summed E-state index contributed by atoms with van der Waals surface area (Å²) in [6.45, 7) is 5.08. The van der Waals surface area contributed by atoms with Crippen molar-refractivity contribution in [2.24, 2.45) is 0 Å². The van der Waals surface area contributed by atoms with Gasteiger partial charge in [0.1, 0.15) is 0 Å². The van der Waals surface area contributed by atoms with Crippen molar-refractivity contribution in [3.8, 4) is 5.88 Å². The predicted octanol–water partition coefficient (Wildman–Crippen LogP) is 3.39. The van der Waals surface area contributed by atoms with E-state index in [-0.39, 0.29) is 5.91 Å². The van der Waals surface area contributed by atoms with Crippen LogP contribution < -0.4 is 10.1 Å². The van der Waals surface area contributed by atoms with Gasteiger partial charge < -0.3 is 14.8 Å². The molecule has 1 fully saturated rings. The molecule has 2 heterocycles. The Bertz CT molecular complexity index is 750. The lowest BCUT2D eigenvalue weighted by atomic mass is 9.73. The van der Waals surface area contributed by atoms with Gasteiger partial charge in [-0.15, -0.1) is 0 Å². The maximum atomic E-state index is 13.3. The van der Waals surface area contributed by atoms with Gasteiger partial charge in [0.25, 0.3) is 0 Å². The van der Waals surface area contributed by atoms with Gasteiger partial charge in [-0.3, -0.25) is 4.79 Å². The minimum absolute atomic E-state index is 0.00489. The molecule has 1 amide bonds. The van der Waals surface area contributed by atoms with E-state index in [1.54, 1.807) is 13.2 Å². The number of hydrogen-bond acceptors (Lipinski definition) is 4. The summed E-state index contributed by atoms with van der Waals surface area (Å²) in [6, 6.07) is 11.8. The van der Waals surface area contributed by atoms with Crippen LogP contribution in [-0.2, 0) is 14.9 Å². The minimum Gasteiger partial charge on any atom is -0.481 e. The van der Waals surface area contributed by atoms with Gasteiger partial charge in [0, 0.05) is 19.3 Å². The fourth-order valence-corrected chi connectivity index (χ4v) is 3.27. The second-order valence-electron chi connectivity index (χ2n) is 6.50. The summed E-state index contributed by atoms with van der Waals surface area (Å²) in [5.41, 5.74) is 3.10. The first-order chi connectivity index (χ1) is 12.0. The Balaban J connectivity index is 1.91. The van der Waals surface area contributed by atoms with Crippen LogP contribution in [0.15, 0.2) is 36.4 Å². The normalized spacial score (nSPS) is 16.3. The number of carbonyl (C=O) groups excluding carboxylic acids is 1. The van der Waals surface area contributed by atoms with E-state index in [0.29, 0.717) is 37.6 Å². The number of aryl methyl sites for hydroxylation is 2. The molecule has 0 unspecified atom stereocenters. The monoisotopic (exact) mass is 340 g/mol. The second-order valence-corrected chi connectivity index (χ2v) is 6.50. The van der Waals surface area contributed by atoms with Crippen molar-refractivity contribution in [3.05, 3.63) is 53.2 Å². The SMILES string of the molecule is COc1ccc(NC(=O)C2(c3ccc(C)cc3)CCOCC2)c(C)n1. The molecule has 1 N–H and O–H groups in total. The molecule has 1 aliphatic rings. The number of hydrogen-bond donors (Lipinski definition) is 1. The maximum absolute atomic E-state index is 13.3. The highest BCUT2D eigenvalue weighted by molar-refractivity contribution is 5.99. The molecule has 1 saturated heterocycles. The standard InChI is InChI=1S/C20H24N2O3/c1-14-4-6-16(7-5-14)20(10-12-25-13-11-20)19(23)22-17-8-9-18(24-3)21-15(17)2/h4-9H,10-13H2,1-3H3,(H,22,23). The molecule has 0 saturated carbocycles. The Morgan fingerprint density at radius 3 is 2.40 bits per heavy atom. The molecule has 0 atom stereocenters. The van der Waals surface area contributed by atoms with Gasteiger partial charge in [-0.25, -0.2) is 4.98 Å². The van der Waals surface area contributed by atoms with Crippen LogP contribution in [0.1, 0.15) is 29.7 Å². The average Bonchev–Trinajstić information content (AvgIpc) is 2.64. The Morgan fingerprint density at radius 2 is 1.80 bits per heavy atom. The van der Waals surface area contributed by atoms with Crippen LogP contribution in [0, 0.1) is 13.8 Å². The van der Waals surface area contributed by atoms with Crippen molar-refractivity contribution in [1.82, 2.24) is 4.98 Å². The number of anilines is 1. The molecule has 5 nitrogen and oxygen atoms in total. The van der Waals surface area contributed by atoms with Crippen molar-refractivity contribution in [3.63, 3.8) is 0 Å². The Hall–Kier alpha value is -2.40. The molecule has 0 spiro atoms. The molecule has 1 aromatic carbocycles. The van der Waals surface area contributed by atoms with Crippen molar-refractivity contribution >= 4 is 11.6 Å². The number of benzene rings is 1. The number of aromatic nitrogens is 1. The van der Waals surface area contributed by atoms with Gasteiger partial charge in [-0.05, 0) is 38.3 Å². The number of carbonyl (C=O) groups is 1. The molecule has 0 aliphatic carbocycles. The zero-order valence-corrected chi connectivity index (χ0v) is 15.0. The molecule has 0 radical (unpaired) electrons. The number of pyridine rings is 1. The second kappa shape index (κ2) is 7.23. The highest BCUT2D eigenvalue weighted by Crippen LogP contribution is 2.36. The Morgan fingerprint density at radius 1 is 1.12 bits per heavy atom. The van der Waals surface area contributed by atoms with Gasteiger partial charge in [0.15, 0.2) is 0 Å². The van der Waals surface area contributed by atoms with Crippen LogP contribution in [0.4, 0.5) is 5.69 Å². The fourth-order valence-electron chi connectivity index (χ4n) is 3.27. The van der Waals surface area contributed by atoms with Gasteiger partial charge in [0.2, 0.25) is 11.8 Å². The largest absolute Gasteiger partial charge is 0.481 e. The van der Waals surface area contributed by atoms with Crippen molar-refractivity contribution in [2.45, 2.75) is 32.1 Å². The highest BCUT2D eigenvalue weighted by Gasteiger charge is 2.41. The number of rotatable bonds is 4. The topological polar surface area (TPSA) is 60.5 Å². The van der Waals surface area contributed by atoms with Gasteiger partial charge >= 0.3 is 0 Å². The van der Waals surface area contributed by atoms with E-state index in [0.717, 1.165) is 11.3 Å². The average molecular weight is 340 g/mol. The first-order valence-corrected chi connectivity index (χ1v) is 8.53. The van der Waals surface area contributed by atoms with Crippen LogP contribution in [-0.4, -0.2) is 31.2 Å². The zero-order valence-electron chi connectivity index (χ0n) is 15.0. The molecule has 2 aromatic rings. The summed E-state index contributed by atoms with van der Waals surface area (Å²) < 4.78 is 10.6.